The van der Waals surface area contributed by atoms with E-state index in [0.29, 0.717) is 11.3 Å². The fraction of sp³-hybridized carbons (Fsp3) is 0.545. The number of hydrogen-bond acceptors (Lipinski definition) is 5. The highest BCUT2D eigenvalue weighted by molar-refractivity contribution is 5.79. The van der Waals surface area contributed by atoms with Crippen LogP contribution in [0.5, 0.6) is 0 Å². The summed E-state index contributed by atoms with van der Waals surface area (Å²) in [4.78, 5) is 29.6. The van der Waals surface area contributed by atoms with E-state index in [9.17, 15) is 9.59 Å². The summed E-state index contributed by atoms with van der Waals surface area (Å²) in [5, 5.41) is 6.20. The molecule has 7 heteroatoms. The van der Waals surface area contributed by atoms with Crippen molar-refractivity contribution in [1.29, 1.82) is 0 Å². The van der Waals surface area contributed by atoms with E-state index < -0.39 is 11.2 Å². The number of likely N-dealkylation sites (N-methyl/N-ethyl adjacent to an activating group) is 1. The molecule has 0 atom stereocenters. The summed E-state index contributed by atoms with van der Waals surface area (Å²) in [6.07, 6.45) is 1.51. The standard InChI is InChI=1S/C11H17N5O2/c1-8-9(10(17)14-11(18)13-8)7-12-16-5-3-15(2)4-6-16/h7H,3-6H2,1-2H3,(H2,13,14,17,18)/b12-7+. The molecular formula is C11H17N5O2. The zero-order valence-electron chi connectivity index (χ0n) is 10.6. The van der Waals surface area contributed by atoms with E-state index in [1.54, 1.807) is 6.92 Å². The minimum atomic E-state index is -0.491. The summed E-state index contributed by atoms with van der Waals surface area (Å²) < 4.78 is 0. The molecule has 0 bridgehead atoms. The average molecular weight is 251 g/mol. The largest absolute Gasteiger partial charge is 0.325 e. The van der Waals surface area contributed by atoms with Gasteiger partial charge in [0, 0.05) is 31.9 Å². The molecule has 18 heavy (non-hydrogen) atoms. The van der Waals surface area contributed by atoms with Gasteiger partial charge in [-0.1, -0.05) is 0 Å². The average Bonchev–Trinajstić information content (AvgIpc) is 2.30. The Labute approximate surface area is 104 Å². The van der Waals surface area contributed by atoms with Gasteiger partial charge in [-0.05, 0) is 14.0 Å². The molecule has 0 unspecified atom stereocenters. The molecule has 2 N–H and O–H groups in total. The highest BCUT2D eigenvalue weighted by Crippen LogP contribution is 2.00. The first kappa shape index (κ1) is 12.6. The van der Waals surface area contributed by atoms with Crippen LogP contribution >= 0.6 is 0 Å². The number of aromatic nitrogens is 2. The van der Waals surface area contributed by atoms with Crippen molar-refractivity contribution in [3.05, 3.63) is 32.1 Å². The summed E-state index contributed by atoms with van der Waals surface area (Å²) in [6.45, 7) is 5.28. The number of rotatable bonds is 2. The van der Waals surface area contributed by atoms with E-state index in [2.05, 4.69) is 27.0 Å². The summed E-state index contributed by atoms with van der Waals surface area (Å²) >= 11 is 0. The van der Waals surface area contributed by atoms with E-state index in [1.807, 2.05) is 5.01 Å². The molecule has 2 heterocycles. The number of hydrogen-bond donors (Lipinski definition) is 2. The first-order chi connectivity index (χ1) is 8.56. The topological polar surface area (TPSA) is 84.6 Å². The Morgan fingerprint density at radius 1 is 1.17 bits per heavy atom. The van der Waals surface area contributed by atoms with Gasteiger partial charge in [0.1, 0.15) is 0 Å². The fourth-order valence-corrected chi connectivity index (χ4v) is 1.82. The van der Waals surface area contributed by atoms with Crippen LogP contribution in [0.1, 0.15) is 11.3 Å². The first-order valence-corrected chi connectivity index (χ1v) is 5.87. The van der Waals surface area contributed by atoms with Gasteiger partial charge in [0.15, 0.2) is 0 Å². The lowest BCUT2D eigenvalue weighted by atomic mass is 10.2. The third-order valence-electron chi connectivity index (χ3n) is 3.01. The summed E-state index contributed by atoms with van der Waals surface area (Å²) in [6, 6.07) is 0. The van der Waals surface area contributed by atoms with Gasteiger partial charge in [-0.3, -0.25) is 14.8 Å². The summed E-state index contributed by atoms with van der Waals surface area (Å²) in [7, 11) is 2.07. The number of nitrogens with one attached hydrogen (secondary N) is 2. The van der Waals surface area contributed by atoms with Crippen molar-refractivity contribution in [3.63, 3.8) is 0 Å². The predicted octanol–water partition coefficient (Wildman–Crippen LogP) is -1.05. The molecule has 0 saturated carbocycles. The van der Waals surface area contributed by atoms with E-state index in [1.165, 1.54) is 6.21 Å². The van der Waals surface area contributed by atoms with Gasteiger partial charge >= 0.3 is 5.69 Å². The molecule has 1 fully saturated rings. The van der Waals surface area contributed by atoms with Crippen LogP contribution < -0.4 is 11.2 Å². The quantitative estimate of drug-likeness (QED) is 0.657. The molecule has 0 spiro atoms. The number of aromatic amines is 2. The van der Waals surface area contributed by atoms with E-state index in [0.717, 1.165) is 26.2 Å². The highest BCUT2D eigenvalue weighted by Gasteiger charge is 2.11. The van der Waals surface area contributed by atoms with Crippen LogP contribution in [0.25, 0.3) is 0 Å². The van der Waals surface area contributed by atoms with Crippen LogP contribution in [0.3, 0.4) is 0 Å². The molecule has 1 aromatic heterocycles. The van der Waals surface area contributed by atoms with Crippen molar-refractivity contribution in [1.82, 2.24) is 19.9 Å². The maximum atomic E-state index is 11.6. The SMILES string of the molecule is Cc1[nH]c(=O)[nH]c(=O)c1/C=N/N1CCN(C)CC1. The number of aryl methyl sites for hydroxylation is 1. The van der Waals surface area contributed by atoms with Crippen molar-refractivity contribution in [2.24, 2.45) is 5.10 Å². The van der Waals surface area contributed by atoms with Crippen LogP contribution in [0.2, 0.25) is 0 Å². The van der Waals surface area contributed by atoms with Crippen molar-refractivity contribution < 1.29 is 0 Å². The molecule has 1 aliphatic rings. The lowest BCUT2D eigenvalue weighted by molar-refractivity contribution is 0.159. The summed E-state index contributed by atoms with van der Waals surface area (Å²) in [5.41, 5.74) is 0.0264. The molecule has 2 rings (SSSR count). The molecule has 98 valence electrons. The molecule has 0 aromatic carbocycles. The van der Waals surface area contributed by atoms with Crippen molar-refractivity contribution >= 4 is 6.21 Å². The maximum Gasteiger partial charge on any atom is 0.325 e. The molecule has 1 saturated heterocycles. The minimum absolute atomic E-state index is 0.397. The molecule has 0 amide bonds. The van der Waals surface area contributed by atoms with Crippen LogP contribution in [0, 0.1) is 6.92 Å². The lowest BCUT2D eigenvalue weighted by Gasteiger charge is -2.30. The Hall–Kier alpha value is -1.89. The number of hydrazone groups is 1. The van der Waals surface area contributed by atoms with E-state index in [4.69, 9.17) is 0 Å². The van der Waals surface area contributed by atoms with Crippen molar-refractivity contribution in [2.45, 2.75) is 6.92 Å². The second-order valence-corrected chi connectivity index (χ2v) is 4.45. The second kappa shape index (κ2) is 5.18. The van der Waals surface area contributed by atoms with Crippen LogP contribution in [0.4, 0.5) is 0 Å². The number of nitrogens with zero attached hydrogens (tertiary/aromatic N) is 3. The van der Waals surface area contributed by atoms with Gasteiger partial charge in [-0.25, -0.2) is 4.79 Å². The van der Waals surface area contributed by atoms with Crippen molar-refractivity contribution in [3.8, 4) is 0 Å². The van der Waals surface area contributed by atoms with Gasteiger partial charge in [0.05, 0.1) is 11.8 Å². The molecule has 7 nitrogen and oxygen atoms in total. The smallest absolute Gasteiger partial charge is 0.311 e. The van der Waals surface area contributed by atoms with E-state index >= 15 is 0 Å². The maximum absolute atomic E-state index is 11.6. The van der Waals surface area contributed by atoms with Crippen molar-refractivity contribution in [2.75, 3.05) is 33.2 Å². The van der Waals surface area contributed by atoms with E-state index in [-0.39, 0.29) is 0 Å². The van der Waals surface area contributed by atoms with Gasteiger partial charge in [0.2, 0.25) is 0 Å². The third-order valence-corrected chi connectivity index (χ3v) is 3.01. The van der Waals surface area contributed by atoms with Crippen LogP contribution in [-0.2, 0) is 0 Å². The Morgan fingerprint density at radius 3 is 2.44 bits per heavy atom. The Balaban J connectivity index is 2.14. The van der Waals surface area contributed by atoms with Crippen LogP contribution in [0.15, 0.2) is 14.7 Å². The van der Waals surface area contributed by atoms with Gasteiger partial charge in [0.25, 0.3) is 5.56 Å². The molecule has 1 aromatic rings. The normalized spacial score (nSPS) is 17.6. The molecular weight excluding hydrogens is 234 g/mol. The molecule has 1 aliphatic heterocycles. The highest BCUT2D eigenvalue weighted by atomic mass is 16.2. The monoisotopic (exact) mass is 251 g/mol. The Morgan fingerprint density at radius 2 is 1.83 bits per heavy atom. The zero-order valence-corrected chi connectivity index (χ0v) is 10.6. The second-order valence-electron chi connectivity index (χ2n) is 4.45. The predicted molar refractivity (Wildman–Crippen MR) is 69.1 cm³/mol. The van der Waals surface area contributed by atoms with Crippen LogP contribution in [-0.4, -0.2) is 59.3 Å². The number of piperazine rings is 1. The number of H-pyrrole nitrogens is 2. The third kappa shape index (κ3) is 2.86. The Bertz CT molecular complexity index is 551. The zero-order chi connectivity index (χ0) is 13.1. The minimum Gasteiger partial charge on any atom is -0.311 e. The lowest BCUT2D eigenvalue weighted by Crippen LogP contribution is -2.42. The molecule has 0 radical (unpaired) electrons. The first-order valence-electron chi connectivity index (χ1n) is 5.87. The molecule has 0 aliphatic carbocycles. The summed E-state index contributed by atoms with van der Waals surface area (Å²) in [5.74, 6) is 0. The van der Waals surface area contributed by atoms with Gasteiger partial charge in [-0.15, -0.1) is 0 Å². The Kier molecular flexibility index (Phi) is 3.61. The van der Waals surface area contributed by atoms with Gasteiger partial charge < -0.3 is 9.88 Å². The van der Waals surface area contributed by atoms with Gasteiger partial charge in [-0.2, -0.15) is 5.10 Å². The fourth-order valence-electron chi connectivity index (χ4n) is 1.82.